The Labute approximate surface area is 137 Å². The van der Waals surface area contributed by atoms with Gasteiger partial charge in [0.05, 0.1) is 18.5 Å². The van der Waals surface area contributed by atoms with Crippen LogP contribution in [0.3, 0.4) is 0 Å². The van der Waals surface area contributed by atoms with Crippen LogP contribution in [0, 0.1) is 5.41 Å². The lowest BCUT2D eigenvalue weighted by Gasteiger charge is -2.26. The molecule has 0 fully saturated rings. The van der Waals surface area contributed by atoms with Gasteiger partial charge in [0.1, 0.15) is 12.2 Å². The number of hydrogen-bond acceptors (Lipinski definition) is 4. The van der Waals surface area contributed by atoms with Crippen LogP contribution in [-0.4, -0.2) is 52.8 Å². The Kier molecular flexibility index (Phi) is 5.57. The predicted molar refractivity (Wildman–Crippen MR) is 89.1 cm³/mol. The molecular weight excluding hydrogens is 294 g/mol. The number of carbonyl (C=O) groups excluding carboxylic acids is 1. The van der Waals surface area contributed by atoms with E-state index in [1.165, 1.54) is 0 Å². The van der Waals surface area contributed by atoms with Crippen LogP contribution in [-0.2, 0) is 17.8 Å². The molecule has 1 amide bonds. The molecular formula is C15H27N7O. The maximum atomic E-state index is 11.9. The number of carbonyl (C=O) groups is 1. The van der Waals surface area contributed by atoms with Crippen LogP contribution in [0.25, 0.3) is 0 Å². The number of nitrogens with zero attached hydrogens (tertiary/aromatic N) is 4. The van der Waals surface area contributed by atoms with Gasteiger partial charge in [-0.05, 0) is 27.2 Å². The van der Waals surface area contributed by atoms with Gasteiger partial charge in [-0.2, -0.15) is 5.10 Å². The third kappa shape index (κ3) is 4.43. The summed E-state index contributed by atoms with van der Waals surface area (Å²) in [7, 11) is 1.65. The molecule has 1 atom stereocenters. The first-order chi connectivity index (χ1) is 11.0. The quantitative estimate of drug-likeness (QED) is 0.521. The number of guanidine groups is 1. The van der Waals surface area contributed by atoms with Crippen molar-refractivity contribution in [1.82, 2.24) is 30.7 Å². The molecule has 0 spiro atoms. The third-order valence-corrected chi connectivity index (χ3v) is 3.96. The number of fused-ring (bicyclic) bond motifs is 1. The topological polar surface area (TPSA) is 96.2 Å². The fourth-order valence-electron chi connectivity index (χ4n) is 2.56. The largest absolute Gasteiger partial charge is 0.359 e. The van der Waals surface area contributed by atoms with E-state index in [9.17, 15) is 4.79 Å². The smallest absolute Gasteiger partial charge is 0.227 e. The van der Waals surface area contributed by atoms with Gasteiger partial charge in [-0.3, -0.25) is 9.79 Å². The van der Waals surface area contributed by atoms with E-state index in [0.717, 1.165) is 37.7 Å². The van der Waals surface area contributed by atoms with Crippen LogP contribution in [0.5, 0.6) is 0 Å². The zero-order valence-corrected chi connectivity index (χ0v) is 14.4. The number of amides is 1. The Morgan fingerprint density at radius 1 is 1.52 bits per heavy atom. The lowest BCUT2D eigenvalue weighted by molar-refractivity contribution is -0.128. The molecule has 2 rings (SSSR count). The van der Waals surface area contributed by atoms with Crippen LogP contribution in [0.4, 0.5) is 0 Å². The first-order valence-corrected chi connectivity index (χ1v) is 8.10. The second kappa shape index (κ2) is 7.43. The van der Waals surface area contributed by atoms with Crippen molar-refractivity contribution in [2.75, 3.05) is 20.1 Å². The molecule has 23 heavy (non-hydrogen) atoms. The molecule has 0 aromatic carbocycles. The first kappa shape index (κ1) is 17.2. The molecule has 0 aliphatic carbocycles. The number of rotatable bonds is 5. The molecule has 1 unspecified atom stereocenters. The van der Waals surface area contributed by atoms with E-state index in [-0.39, 0.29) is 11.9 Å². The second-order valence-corrected chi connectivity index (χ2v) is 6.40. The van der Waals surface area contributed by atoms with Gasteiger partial charge in [0, 0.05) is 26.1 Å². The van der Waals surface area contributed by atoms with Crippen molar-refractivity contribution in [3.63, 3.8) is 0 Å². The molecule has 128 valence electrons. The molecule has 3 N–H and O–H groups in total. The van der Waals surface area contributed by atoms with Gasteiger partial charge in [-0.1, -0.05) is 0 Å². The average molecular weight is 321 g/mol. The molecule has 0 saturated heterocycles. The van der Waals surface area contributed by atoms with Gasteiger partial charge < -0.3 is 16.0 Å². The van der Waals surface area contributed by atoms with Crippen LogP contribution in [0.15, 0.2) is 11.3 Å². The zero-order valence-electron chi connectivity index (χ0n) is 14.4. The van der Waals surface area contributed by atoms with Crippen molar-refractivity contribution in [2.24, 2.45) is 10.4 Å². The van der Waals surface area contributed by atoms with E-state index >= 15 is 0 Å². The molecule has 0 bridgehead atoms. The van der Waals surface area contributed by atoms with E-state index in [1.54, 1.807) is 13.4 Å². The minimum atomic E-state index is -0.539. The molecule has 0 saturated carbocycles. The number of aromatic nitrogens is 3. The summed E-state index contributed by atoms with van der Waals surface area (Å²) in [6, 6.07) is 0.255. The second-order valence-electron chi connectivity index (χ2n) is 6.40. The summed E-state index contributed by atoms with van der Waals surface area (Å²) in [4.78, 5) is 20.7. The SMILES string of the molecule is CCNC(=NCC(C)(C)C(=O)NC)NC1CCc2ncnn2C1. The van der Waals surface area contributed by atoms with Gasteiger partial charge in [0.15, 0.2) is 5.96 Å². The van der Waals surface area contributed by atoms with E-state index in [1.807, 2.05) is 25.5 Å². The van der Waals surface area contributed by atoms with Crippen molar-refractivity contribution in [1.29, 1.82) is 0 Å². The molecule has 0 radical (unpaired) electrons. The summed E-state index contributed by atoms with van der Waals surface area (Å²) in [5.74, 6) is 1.76. The van der Waals surface area contributed by atoms with Crippen molar-refractivity contribution in [3.05, 3.63) is 12.2 Å². The Morgan fingerprint density at radius 2 is 2.30 bits per heavy atom. The third-order valence-electron chi connectivity index (χ3n) is 3.96. The van der Waals surface area contributed by atoms with Crippen LogP contribution >= 0.6 is 0 Å². The molecule has 8 heteroatoms. The molecule has 1 aromatic rings. The van der Waals surface area contributed by atoms with Crippen LogP contribution in [0.2, 0.25) is 0 Å². The van der Waals surface area contributed by atoms with E-state index in [0.29, 0.717) is 6.54 Å². The molecule has 1 aliphatic rings. The lowest BCUT2D eigenvalue weighted by Crippen LogP contribution is -2.47. The maximum Gasteiger partial charge on any atom is 0.227 e. The van der Waals surface area contributed by atoms with E-state index in [4.69, 9.17) is 0 Å². The molecule has 2 heterocycles. The Balaban J connectivity index is 1.99. The Morgan fingerprint density at radius 3 is 3.00 bits per heavy atom. The van der Waals surface area contributed by atoms with E-state index < -0.39 is 5.41 Å². The van der Waals surface area contributed by atoms with Crippen molar-refractivity contribution in [3.8, 4) is 0 Å². The van der Waals surface area contributed by atoms with Gasteiger partial charge in [-0.25, -0.2) is 9.67 Å². The predicted octanol–water partition coefficient (Wildman–Crippen LogP) is -0.0798. The maximum absolute atomic E-state index is 11.9. The van der Waals surface area contributed by atoms with Gasteiger partial charge in [-0.15, -0.1) is 0 Å². The Bertz CT molecular complexity index is 564. The number of hydrogen-bond donors (Lipinski definition) is 3. The van der Waals surface area contributed by atoms with Crippen LogP contribution in [0.1, 0.15) is 33.0 Å². The van der Waals surface area contributed by atoms with Gasteiger partial charge >= 0.3 is 0 Å². The first-order valence-electron chi connectivity index (χ1n) is 8.10. The number of aryl methyl sites for hydroxylation is 1. The lowest BCUT2D eigenvalue weighted by atomic mass is 9.93. The van der Waals surface area contributed by atoms with Crippen molar-refractivity contribution < 1.29 is 4.79 Å². The minimum Gasteiger partial charge on any atom is -0.359 e. The Hall–Kier alpha value is -2.12. The summed E-state index contributed by atoms with van der Waals surface area (Å²) < 4.78 is 1.93. The van der Waals surface area contributed by atoms with E-state index in [2.05, 4.69) is 31.0 Å². The normalized spacial score (nSPS) is 18.3. The number of aliphatic imine (C=N–C) groups is 1. The highest BCUT2D eigenvalue weighted by molar-refractivity contribution is 5.83. The highest BCUT2D eigenvalue weighted by Crippen LogP contribution is 2.15. The zero-order chi connectivity index (χ0) is 16.9. The van der Waals surface area contributed by atoms with Crippen molar-refractivity contribution in [2.45, 2.75) is 46.2 Å². The summed E-state index contributed by atoms with van der Waals surface area (Å²) in [5, 5.41) is 13.6. The molecule has 8 nitrogen and oxygen atoms in total. The van der Waals surface area contributed by atoms with Gasteiger partial charge in [0.2, 0.25) is 5.91 Å². The average Bonchev–Trinajstić information content (AvgIpc) is 2.99. The van der Waals surface area contributed by atoms with Gasteiger partial charge in [0.25, 0.3) is 0 Å². The minimum absolute atomic E-state index is 0.0120. The monoisotopic (exact) mass is 321 g/mol. The highest BCUT2D eigenvalue weighted by Gasteiger charge is 2.27. The number of nitrogens with one attached hydrogen (secondary N) is 3. The van der Waals surface area contributed by atoms with Crippen molar-refractivity contribution >= 4 is 11.9 Å². The summed E-state index contributed by atoms with van der Waals surface area (Å²) >= 11 is 0. The highest BCUT2D eigenvalue weighted by atomic mass is 16.2. The molecule has 1 aliphatic heterocycles. The fourth-order valence-corrected chi connectivity index (χ4v) is 2.56. The van der Waals surface area contributed by atoms with Crippen LogP contribution < -0.4 is 16.0 Å². The molecule has 1 aromatic heterocycles. The summed E-state index contributed by atoms with van der Waals surface area (Å²) in [5.41, 5.74) is -0.539. The fraction of sp³-hybridized carbons (Fsp3) is 0.733. The summed E-state index contributed by atoms with van der Waals surface area (Å²) in [6.45, 7) is 7.77. The standard InChI is InChI=1S/C15H27N7O/c1-5-17-14(18-9-15(2,3)13(23)16-4)21-11-6-7-12-19-10-20-22(12)8-11/h10-11H,5-9H2,1-4H3,(H,16,23)(H2,17,18,21). The summed E-state index contributed by atoms with van der Waals surface area (Å²) in [6.07, 6.45) is 3.49.